The number of nitrogens with one attached hydrogen (secondary N) is 1. The number of hydrogen-bond donors (Lipinski definition) is 2. The molecule has 0 aliphatic heterocycles. The Hall–Kier alpha value is -2.12. The highest BCUT2D eigenvalue weighted by molar-refractivity contribution is 6.31. The number of ether oxygens (including phenoxy) is 2. The van der Waals surface area contributed by atoms with Crippen molar-refractivity contribution in [3.63, 3.8) is 0 Å². The molecule has 0 aliphatic carbocycles. The highest BCUT2D eigenvalue weighted by atomic mass is 35.5. The second-order valence-corrected chi connectivity index (χ2v) is 5.34. The zero-order chi connectivity index (χ0) is 17.4. The molecule has 1 unspecified atom stereocenters. The number of nitrogen functional groups attached to an aromatic ring is 1. The first kappa shape index (κ1) is 18.2. The number of alkyl halides is 1. The van der Waals surface area contributed by atoms with Gasteiger partial charge in [-0.25, -0.2) is 9.97 Å². The third-order valence-electron chi connectivity index (χ3n) is 3.44. The van der Waals surface area contributed by atoms with E-state index in [1.165, 1.54) is 6.33 Å². The van der Waals surface area contributed by atoms with Crippen LogP contribution in [0.4, 0.5) is 10.2 Å². The minimum absolute atomic E-state index is 0.121. The summed E-state index contributed by atoms with van der Waals surface area (Å²) in [5, 5.41) is 3.42. The fraction of sp³-hybridized carbons (Fsp3) is 0.375. The summed E-state index contributed by atoms with van der Waals surface area (Å²) in [5.74, 6) is 1.20. The van der Waals surface area contributed by atoms with Crippen molar-refractivity contribution in [1.29, 1.82) is 0 Å². The van der Waals surface area contributed by atoms with Gasteiger partial charge in [0.1, 0.15) is 18.7 Å². The predicted molar refractivity (Wildman–Crippen MR) is 91.3 cm³/mol. The summed E-state index contributed by atoms with van der Waals surface area (Å²) in [5.41, 5.74) is 6.67. The van der Waals surface area contributed by atoms with Gasteiger partial charge < -0.3 is 20.5 Å². The maximum atomic E-state index is 12.8. The van der Waals surface area contributed by atoms with Crippen molar-refractivity contribution < 1.29 is 13.9 Å². The average molecular weight is 355 g/mol. The van der Waals surface area contributed by atoms with Gasteiger partial charge in [-0.1, -0.05) is 23.7 Å². The van der Waals surface area contributed by atoms with E-state index in [2.05, 4.69) is 15.3 Å². The monoisotopic (exact) mass is 354 g/mol. The summed E-state index contributed by atoms with van der Waals surface area (Å²) in [4.78, 5) is 7.64. The molecule has 1 heterocycles. The fourth-order valence-electron chi connectivity index (χ4n) is 2.22. The standard InChI is InChI=1S/C16H20ClFN4O2/c1-23-12-4-2-11(3-5-12)13(6-7-18)20-8-9-24-14-15(17)21-10-22-16(14)19/h2-5,10,13,20H,6-9H2,1H3,(H2,19,21,22). The molecule has 0 spiro atoms. The number of rotatable bonds is 9. The van der Waals surface area contributed by atoms with Crippen LogP contribution in [0.2, 0.25) is 5.15 Å². The van der Waals surface area contributed by atoms with Crippen LogP contribution < -0.4 is 20.5 Å². The van der Waals surface area contributed by atoms with Gasteiger partial charge in [0, 0.05) is 12.6 Å². The summed E-state index contributed by atoms with van der Waals surface area (Å²) in [7, 11) is 1.60. The smallest absolute Gasteiger partial charge is 0.199 e. The molecular weight excluding hydrogens is 335 g/mol. The largest absolute Gasteiger partial charge is 0.497 e. The Balaban J connectivity index is 1.89. The summed E-state index contributed by atoms with van der Waals surface area (Å²) in [6, 6.07) is 7.39. The van der Waals surface area contributed by atoms with Crippen LogP contribution >= 0.6 is 11.6 Å². The summed E-state index contributed by atoms with van der Waals surface area (Å²) >= 11 is 5.91. The van der Waals surface area contributed by atoms with Crippen LogP contribution in [0.5, 0.6) is 11.5 Å². The van der Waals surface area contributed by atoms with Crippen molar-refractivity contribution >= 4 is 17.4 Å². The number of nitrogens with two attached hydrogens (primary N) is 1. The van der Waals surface area contributed by atoms with Crippen molar-refractivity contribution in [2.45, 2.75) is 12.5 Å². The van der Waals surface area contributed by atoms with E-state index in [0.717, 1.165) is 11.3 Å². The minimum atomic E-state index is -0.421. The molecule has 130 valence electrons. The molecule has 2 aromatic rings. The van der Waals surface area contributed by atoms with Gasteiger partial charge in [-0.15, -0.1) is 0 Å². The molecule has 0 bridgehead atoms. The molecule has 6 nitrogen and oxygen atoms in total. The van der Waals surface area contributed by atoms with Crippen LogP contribution in [0, 0.1) is 0 Å². The molecule has 0 saturated heterocycles. The van der Waals surface area contributed by atoms with Crippen LogP contribution in [-0.2, 0) is 0 Å². The highest BCUT2D eigenvalue weighted by Gasteiger charge is 2.12. The molecule has 8 heteroatoms. The number of benzene rings is 1. The van der Waals surface area contributed by atoms with E-state index in [0.29, 0.717) is 19.6 Å². The second-order valence-electron chi connectivity index (χ2n) is 4.98. The second kappa shape index (κ2) is 9.24. The van der Waals surface area contributed by atoms with Crippen LogP contribution in [0.3, 0.4) is 0 Å². The van der Waals surface area contributed by atoms with Gasteiger partial charge in [-0.3, -0.25) is 4.39 Å². The zero-order valence-electron chi connectivity index (χ0n) is 13.3. The fourth-order valence-corrected chi connectivity index (χ4v) is 2.41. The molecular formula is C16H20ClFN4O2. The van der Waals surface area contributed by atoms with Crippen molar-refractivity contribution in [1.82, 2.24) is 15.3 Å². The molecule has 2 rings (SSSR count). The maximum Gasteiger partial charge on any atom is 0.199 e. The van der Waals surface area contributed by atoms with Gasteiger partial charge in [0.25, 0.3) is 0 Å². The van der Waals surface area contributed by atoms with Crippen LogP contribution in [0.1, 0.15) is 18.0 Å². The first-order valence-electron chi connectivity index (χ1n) is 7.47. The molecule has 0 amide bonds. The molecule has 0 fully saturated rings. The summed E-state index contributed by atoms with van der Waals surface area (Å²) < 4.78 is 23.4. The Morgan fingerprint density at radius 3 is 2.67 bits per heavy atom. The Bertz CT molecular complexity index is 622. The van der Waals surface area contributed by atoms with Gasteiger partial charge in [0.05, 0.1) is 13.8 Å². The number of anilines is 1. The van der Waals surface area contributed by atoms with E-state index >= 15 is 0 Å². The molecule has 1 atom stereocenters. The molecule has 0 aliphatic rings. The Labute approximate surface area is 145 Å². The van der Waals surface area contributed by atoms with Gasteiger partial charge in [0.2, 0.25) is 0 Å². The van der Waals surface area contributed by atoms with E-state index in [-0.39, 0.29) is 22.8 Å². The van der Waals surface area contributed by atoms with Gasteiger partial charge >= 0.3 is 0 Å². The van der Waals surface area contributed by atoms with Crippen molar-refractivity contribution in [3.8, 4) is 11.5 Å². The van der Waals surface area contributed by atoms with Crippen LogP contribution in [0.15, 0.2) is 30.6 Å². The van der Waals surface area contributed by atoms with Crippen LogP contribution in [-0.4, -0.2) is 36.9 Å². The molecule has 0 radical (unpaired) electrons. The van der Waals surface area contributed by atoms with Crippen molar-refractivity contribution in [2.24, 2.45) is 0 Å². The first-order chi connectivity index (χ1) is 11.7. The lowest BCUT2D eigenvalue weighted by Crippen LogP contribution is -2.27. The van der Waals surface area contributed by atoms with E-state index < -0.39 is 6.67 Å². The van der Waals surface area contributed by atoms with Gasteiger partial charge in [-0.05, 0) is 24.1 Å². The van der Waals surface area contributed by atoms with E-state index in [1.54, 1.807) is 7.11 Å². The first-order valence-corrected chi connectivity index (χ1v) is 7.85. The number of nitrogens with zero attached hydrogens (tertiary/aromatic N) is 2. The normalized spacial score (nSPS) is 12.0. The van der Waals surface area contributed by atoms with Crippen molar-refractivity contribution in [2.75, 3.05) is 32.7 Å². The lowest BCUT2D eigenvalue weighted by atomic mass is 10.0. The van der Waals surface area contributed by atoms with E-state index in [4.69, 9.17) is 26.8 Å². The van der Waals surface area contributed by atoms with Crippen LogP contribution in [0.25, 0.3) is 0 Å². The summed E-state index contributed by atoms with van der Waals surface area (Å²) in [6.07, 6.45) is 1.63. The van der Waals surface area contributed by atoms with Gasteiger partial charge in [-0.2, -0.15) is 0 Å². The van der Waals surface area contributed by atoms with Gasteiger partial charge in [0.15, 0.2) is 16.7 Å². The van der Waals surface area contributed by atoms with E-state index in [9.17, 15) is 4.39 Å². The highest BCUT2D eigenvalue weighted by Crippen LogP contribution is 2.26. The Kier molecular flexibility index (Phi) is 7.02. The molecule has 0 saturated carbocycles. The zero-order valence-corrected chi connectivity index (χ0v) is 14.1. The number of hydrogen-bond acceptors (Lipinski definition) is 6. The lowest BCUT2D eigenvalue weighted by Gasteiger charge is -2.18. The molecule has 24 heavy (non-hydrogen) atoms. The molecule has 3 N–H and O–H groups in total. The molecule has 1 aromatic heterocycles. The average Bonchev–Trinajstić information content (AvgIpc) is 2.60. The lowest BCUT2D eigenvalue weighted by molar-refractivity contribution is 0.298. The topological polar surface area (TPSA) is 82.3 Å². The van der Waals surface area contributed by atoms with E-state index in [1.807, 2.05) is 24.3 Å². The Morgan fingerprint density at radius 2 is 2.04 bits per heavy atom. The maximum absolute atomic E-state index is 12.8. The third-order valence-corrected chi connectivity index (χ3v) is 3.71. The minimum Gasteiger partial charge on any atom is -0.497 e. The Morgan fingerprint density at radius 1 is 1.29 bits per heavy atom. The van der Waals surface area contributed by atoms with Crippen molar-refractivity contribution in [3.05, 3.63) is 41.3 Å². The SMILES string of the molecule is COc1ccc(C(CCF)NCCOc2c(N)ncnc2Cl)cc1. The predicted octanol–water partition coefficient (Wildman–Crippen LogP) is 2.79. The quantitative estimate of drug-likeness (QED) is 0.532. The number of aromatic nitrogens is 2. The number of methoxy groups -OCH3 is 1. The number of halogens is 2. The third kappa shape index (κ3) is 4.94. The molecule has 1 aromatic carbocycles. The summed E-state index contributed by atoms with van der Waals surface area (Å²) in [6.45, 7) is 0.368.